The largest absolute Gasteiger partial charge is 0.494 e. The number of hydrogen-bond acceptors (Lipinski definition) is 6. The van der Waals surface area contributed by atoms with Crippen LogP contribution in [0.15, 0.2) is 29.2 Å². The highest BCUT2D eigenvalue weighted by Gasteiger charge is 2.50. The van der Waals surface area contributed by atoms with Crippen molar-refractivity contribution in [3.63, 3.8) is 0 Å². The molecular weight excluding hydrogens is 322 g/mol. The summed E-state index contributed by atoms with van der Waals surface area (Å²) in [5, 5.41) is 8.71. The molecule has 0 aromatic heterocycles. The summed E-state index contributed by atoms with van der Waals surface area (Å²) in [6.07, 6.45) is 0.601. The Labute approximate surface area is 135 Å². The Morgan fingerprint density at radius 2 is 1.87 bits per heavy atom. The van der Waals surface area contributed by atoms with Crippen molar-refractivity contribution in [2.45, 2.75) is 28.9 Å². The van der Waals surface area contributed by atoms with Crippen molar-refractivity contribution in [1.29, 1.82) is 0 Å². The average Bonchev–Trinajstić information content (AvgIpc) is 2.56. The molecule has 2 rings (SSSR count). The first-order valence-corrected chi connectivity index (χ1v) is 8.88. The van der Waals surface area contributed by atoms with Crippen LogP contribution in [0.1, 0.15) is 19.3 Å². The van der Waals surface area contributed by atoms with Crippen LogP contribution in [0.5, 0.6) is 5.75 Å². The minimum absolute atomic E-state index is 0.0235. The fraction of sp³-hybridized carbons (Fsp3) is 0.533. The number of benzene rings is 1. The Kier molecular flexibility index (Phi) is 5.61. The zero-order chi connectivity index (χ0) is 16.9. The highest BCUT2D eigenvalue weighted by atomic mass is 32.2. The number of rotatable bonds is 7. The topological polar surface area (TPSA) is 116 Å². The minimum atomic E-state index is -3.91. The molecule has 7 nitrogen and oxygen atoms in total. The van der Waals surface area contributed by atoms with Crippen LogP contribution in [0, 0.1) is 0 Å². The third-order valence-corrected chi connectivity index (χ3v) is 6.50. The Morgan fingerprint density at radius 3 is 2.39 bits per heavy atom. The summed E-state index contributed by atoms with van der Waals surface area (Å²) in [5.41, 5.74) is 5.41. The summed E-state index contributed by atoms with van der Waals surface area (Å²) in [5.74, 6) is -0.346. The van der Waals surface area contributed by atoms with Crippen molar-refractivity contribution in [1.82, 2.24) is 0 Å². The minimum Gasteiger partial charge on any atom is -0.494 e. The van der Waals surface area contributed by atoms with E-state index in [-0.39, 0.29) is 37.6 Å². The lowest BCUT2D eigenvalue weighted by molar-refractivity contribution is -0.122. The van der Waals surface area contributed by atoms with E-state index in [1.165, 1.54) is 24.3 Å². The maximum absolute atomic E-state index is 12.9. The first-order chi connectivity index (χ1) is 10.9. The monoisotopic (exact) mass is 343 g/mol. The number of aliphatic hydroxyl groups excluding tert-OH is 1. The molecule has 0 atom stereocenters. The van der Waals surface area contributed by atoms with Crippen LogP contribution in [0.4, 0.5) is 0 Å². The molecule has 1 heterocycles. The van der Waals surface area contributed by atoms with Gasteiger partial charge in [-0.2, -0.15) is 0 Å². The van der Waals surface area contributed by atoms with Gasteiger partial charge >= 0.3 is 0 Å². The number of hydrogen-bond donors (Lipinski definition) is 2. The van der Waals surface area contributed by atoms with Gasteiger partial charge in [-0.05, 0) is 37.1 Å². The quantitative estimate of drug-likeness (QED) is 0.686. The lowest BCUT2D eigenvalue weighted by Gasteiger charge is -2.33. The molecule has 1 aromatic rings. The molecule has 0 bridgehead atoms. The maximum atomic E-state index is 12.9. The van der Waals surface area contributed by atoms with E-state index in [2.05, 4.69) is 0 Å². The maximum Gasteiger partial charge on any atom is 0.239 e. The van der Waals surface area contributed by atoms with Crippen LogP contribution in [0.2, 0.25) is 0 Å². The lowest BCUT2D eigenvalue weighted by atomic mass is 9.98. The third-order valence-electron chi connectivity index (χ3n) is 3.97. The molecule has 0 saturated carbocycles. The molecule has 0 unspecified atom stereocenters. The van der Waals surface area contributed by atoms with Gasteiger partial charge in [0.1, 0.15) is 5.75 Å². The molecule has 3 N–H and O–H groups in total. The van der Waals surface area contributed by atoms with Gasteiger partial charge in [0, 0.05) is 26.2 Å². The first-order valence-electron chi connectivity index (χ1n) is 7.40. The normalized spacial score (nSPS) is 17.6. The van der Waals surface area contributed by atoms with Crippen LogP contribution in [0.3, 0.4) is 0 Å². The Bertz CT molecular complexity index is 634. The van der Waals surface area contributed by atoms with E-state index in [0.717, 1.165) is 0 Å². The smallest absolute Gasteiger partial charge is 0.239 e. The van der Waals surface area contributed by atoms with E-state index < -0.39 is 20.5 Å². The number of aliphatic hydroxyl groups is 1. The van der Waals surface area contributed by atoms with Crippen LogP contribution in [-0.4, -0.2) is 50.6 Å². The highest BCUT2D eigenvalue weighted by molar-refractivity contribution is 7.93. The average molecular weight is 343 g/mol. The molecule has 8 heteroatoms. The fourth-order valence-electron chi connectivity index (χ4n) is 2.54. The summed E-state index contributed by atoms with van der Waals surface area (Å²) in [6.45, 7) is 0.732. The second kappa shape index (κ2) is 7.29. The second-order valence-corrected chi connectivity index (χ2v) is 7.63. The number of nitrogens with two attached hydrogens (primary N) is 1. The van der Waals surface area contributed by atoms with Gasteiger partial charge in [-0.1, -0.05) is 0 Å². The van der Waals surface area contributed by atoms with E-state index in [0.29, 0.717) is 18.8 Å². The van der Waals surface area contributed by atoms with Crippen molar-refractivity contribution in [3.8, 4) is 5.75 Å². The fourth-order valence-corrected chi connectivity index (χ4v) is 4.46. The molecule has 1 aromatic carbocycles. The molecule has 1 amide bonds. The van der Waals surface area contributed by atoms with Gasteiger partial charge in [0.25, 0.3) is 0 Å². The van der Waals surface area contributed by atoms with Gasteiger partial charge in [0.15, 0.2) is 14.6 Å². The number of carbonyl (C=O) groups excluding carboxylic acids is 1. The molecular formula is C15H21NO6S. The van der Waals surface area contributed by atoms with E-state index in [1.807, 2.05) is 0 Å². The molecule has 0 radical (unpaired) electrons. The van der Waals surface area contributed by atoms with Gasteiger partial charge in [-0.25, -0.2) is 8.42 Å². The predicted octanol–water partition coefficient (Wildman–Crippen LogP) is 0.256. The van der Waals surface area contributed by atoms with Crippen LogP contribution in [0.25, 0.3) is 0 Å². The van der Waals surface area contributed by atoms with Gasteiger partial charge in [-0.15, -0.1) is 0 Å². The van der Waals surface area contributed by atoms with Crippen molar-refractivity contribution >= 4 is 15.7 Å². The highest BCUT2D eigenvalue weighted by Crippen LogP contribution is 2.35. The van der Waals surface area contributed by atoms with E-state index in [4.69, 9.17) is 20.3 Å². The summed E-state index contributed by atoms with van der Waals surface area (Å²) in [4.78, 5) is 11.9. The van der Waals surface area contributed by atoms with Gasteiger partial charge in [-0.3, -0.25) is 4.79 Å². The number of carbonyl (C=O) groups is 1. The summed E-state index contributed by atoms with van der Waals surface area (Å²) in [6, 6.07) is 5.87. The van der Waals surface area contributed by atoms with Crippen molar-refractivity contribution in [2.24, 2.45) is 5.73 Å². The third kappa shape index (κ3) is 3.49. The standard InChI is InChI=1S/C15H21NO6S/c16-14(18)15(6-10-21-11-7-15)23(19,20)13-4-2-12(3-5-13)22-9-1-8-17/h2-5,17H,1,6-11H2,(H2,16,18). The van der Waals surface area contributed by atoms with Crippen molar-refractivity contribution in [2.75, 3.05) is 26.4 Å². The van der Waals surface area contributed by atoms with Crippen molar-refractivity contribution < 1.29 is 27.8 Å². The van der Waals surface area contributed by atoms with E-state index in [1.54, 1.807) is 0 Å². The molecule has 1 fully saturated rings. The zero-order valence-electron chi connectivity index (χ0n) is 12.7. The summed E-state index contributed by atoms with van der Waals surface area (Å²) in [7, 11) is -3.91. The number of sulfone groups is 1. The zero-order valence-corrected chi connectivity index (χ0v) is 13.5. The number of ether oxygens (including phenoxy) is 2. The number of amides is 1. The van der Waals surface area contributed by atoms with Crippen LogP contribution >= 0.6 is 0 Å². The molecule has 1 saturated heterocycles. The van der Waals surface area contributed by atoms with E-state index in [9.17, 15) is 13.2 Å². The van der Waals surface area contributed by atoms with Gasteiger partial charge in [0.2, 0.25) is 5.91 Å². The van der Waals surface area contributed by atoms with Crippen LogP contribution < -0.4 is 10.5 Å². The van der Waals surface area contributed by atoms with E-state index >= 15 is 0 Å². The molecule has 0 spiro atoms. The molecule has 128 valence electrons. The number of primary amides is 1. The molecule has 1 aliphatic heterocycles. The molecule has 23 heavy (non-hydrogen) atoms. The Morgan fingerprint density at radius 1 is 1.26 bits per heavy atom. The Hall–Kier alpha value is -1.64. The first kappa shape index (κ1) is 17.7. The predicted molar refractivity (Wildman–Crippen MR) is 82.8 cm³/mol. The SMILES string of the molecule is NC(=O)C1(S(=O)(=O)c2ccc(OCCCO)cc2)CCOCC1. The van der Waals surface area contributed by atoms with Gasteiger partial charge in [0.05, 0.1) is 11.5 Å². The summed E-state index contributed by atoms with van der Waals surface area (Å²) >= 11 is 0. The Balaban J connectivity index is 2.26. The lowest BCUT2D eigenvalue weighted by Crippen LogP contribution is -2.53. The molecule has 0 aliphatic carbocycles. The second-order valence-electron chi connectivity index (χ2n) is 5.37. The van der Waals surface area contributed by atoms with Crippen LogP contribution in [-0.2, 0) is 19.4 Å². The van der Waals surface area contributed by atoms with Gasteiger partial charge < -0.3 is 20.3 Å². The van der Waals surface area contributed by atoms with Crippen molar-refractivity contribution in [3.05, 3.63) is 24.3 Å². The summed E-state index contributed by atoms with van der Waals surface area (Å²) < 4.78 is 34.7. The molecule has 1 aliphatic rings.